The van der Waals surface area contributed by atoms with Crippen LogP contribution in [0.4, 0.5) is 8.78 Å². The summed E-state index contributed by atoms with van der Waals surface area (Å²) in [5.74, 6) is -0.448. The van der Waals surface area contributed by atoms with Crippen molar-refractivity contribution in [2.24, 2.45) is 4.99 Å². The van der Waals surface area contributed by atoms with E-state index in [0.29, 0.717) is 23.6 Å². The summed E-state index contributed by atoms with van der Waals surface area (Å²) in [7, 11) is 0. The van der Waals surface area contributed by atoms with E-state index >= 15 is 0 Å². The van der Waals surface area contributed by atoms with Gasteiger partial charge in [0.05, 0.1) is 36.4 Å². The third kappa shape index (κ3) is 3.03. The molecule has 0 atom stereocenters. The summed E-state index contributed by atoms with van der Waals surface area (Å²) in [5, 5.41) is 4.52. The zero-order valence-corrected chi connectivity index (χ0v) is 14.0. The number of aliphatic imine (C=N–C) groups is 1. The molecule has 7 heteroatoms. The molecule has 0 N–H and O–H groups in total. The van der Waals surface area contributed by atoms with Crippen LogP contribution in [0.5, 0.6) is 0 Å². The van der Waals surface area contributed by atoms with Crippen LogP contribution >= 0.6 is 0 Å². The molecule has 0 aliphatic carbocycles. The van der Waals surface area contributed by atoms with Crippen molar-refractivity contribution in [3.63, 3.8) is 0 Å². The second-order valence-electron chi connectivity index (χ2n) is 5.92. The molecule has 0 bridgehead atoms. The molecule has 1 aromatic carbocycles. The van der Waals surface area contributed by atoms with Crippen molar-refractivity contribution < 1.29 is 8.78 Å². The first-order valence-corrected chi connectivity index (χ1v) is 8.14. The highest BCUT2D eigenvalue weighted by molar-refractivity contribution is 6.09. The van der Waals surface area contributed by atoms with Gasteiger partial charge in [0.15, 0.2) is 11.6 Å². The monoisotopic (exact) mass is 351 g/mol. The quantitative estimate of drug-likeness (QED) is 0.724. The van der Waals surface area contributed by atoms with Crippen LogP contribution in [0, 0.1) is 18.6 Å². The smallest absolute Gasteiger partial charge is 0.180 e. The van der Waals surface area contributed by atoms with Gasteiger partial charge in [-0.3, -0.25) is 9.67 Å². The number of rotatable bonds is 4. The minimum atomic E-state index is -0.470. The van der Waals surface area contributed by atoms with Crippen LogP contribution < -0.4 is 0 Å². The molecule has 1 aliphatic rings. The number of allylic oxidation sites excluding steroid dienone is 1. The molecule has 26 heavy (non-hydrogen) atoms. The molecule has 0 spiro atoms. The minimum absolute atomic E-state index is 0.245. The number of aromatic nitrogens is 4. The molecule has 1 aliphatic heterocycles. The normalized spacial score (nSPS) is 13.3. The van der Waals surface area contributed by atoms with E-state index in [9.17, 15) is 8.78 Å². The summed E-state index contributed by atoms with van der Waals surface area (Å²) < 4.78 is 29.2. The van der Waals surface area contributed by atoms with E-state index in [1.807, 2.05) is 12.2 Å². The zero-order chi connectivity index (χ0) is 18.1. The predicted octanol–water partition coefficient (Wildman–Crippen LogP) is 3.33. The van der Waals surface area contributed by atoms with Gasteiger partial charge in [0.2, 0.25) is 0 Å². The van der Waals surface area contributed by atoms with Crippen LogP contribution in [-0.2, 0) is 6.54 Å². The maximum absolute atomic E-state index is 14.1. The molecule has 0 saturated carbocycles. The molecule has 3 heterocycles. The number of hydrogen-bond acceptors (Lipinski definition) is 4. The third-order valence-electron chi connectivity index (χ3n) is 4.11. The van der Waals surface area contributed by atoms with Crippen LogP contribution in [0.3, 0.4) is 0 Å². The van der Waals surface area contributed by atoms with Crippen molar-refractivity contribution >= 4 is 5.71 Å². The van der Waals surface area contributed by atoms with Crippen LogP contribution in [0.2, 0.25) is 0 Å². The molecule has 0 saturated heterocycles. The van der Waals surface area contributed by atoms with E-state index in [0.717, 1.165) is 17.6 Å². The fourth-order valence-corrected chi connectivity index (χ4v) is 2.75. The molecule has 3 aromatic rings. The van der Waals surface area contributed by atoms with Gasteiger partial charge in [-0.05, 0) is 25.1 Å². The highest BCUT2D eigenvalue weighted by atomic mass is 19.1. The SMILES string of the molecule is Cc1nc(-c2cc(C3=NCC=C3)n(Cc3ccccc3F)n2)ncc1F. The van der Waals surface area contributed by atoms with E-state index in [1.54, 1.807) is 35.9 Å². The Kier molecular flexibility index (Phi) is 4.12. The Morgan fingerprint density at radius 2 is 2.00 bits per heavy atom. The van der Waals surface area contributed by atoms with Crippen molar-refractivity contribution in [1.29, 1.82) is 0 Å². The van der Waals surface area contributed by atoms with Gasteiger partial charge in [-0.25, -0.2) is 18.7 Å². The van der Waals surface area contributed by atoms with Gasteiger partial charge in [0.25, 0.3) is 0 Å². The van der Waals surface area contributed by atoms with Gasteiger partial charge in [0.1, 0.15) is 11.5 Å². The number of hydrogen-bond donors (Lipinski definition) is 0. The Balaban J connectivity index is 1.79. The Bertz CT molecular complexity index is 1040. The molecule has 2 aromatic heterocycles. The molecule has 0 unspecified atom stereocenters. The van der Waals surface area contributed by atoms with Crippen molar-refractivity contribution in [2.45, 2.75) is 13.5 Å². The number of nitrogens with zero attached hydrogens (tertiary/aromatic N) is 5. The molecular weight excluding hydrogens is 336 g/mol. The molecule has 0 radical (unpaired) electrons. The summed E-state index contributed by atoms with van der Waals surface area (Å²) in [6.45, 7) is 2.41. The third-order valence-corrected chi connectivity index (χ3v) is 4.11. The zero-order valence-electron chi connectivity index (χ0n) is 14.0. The van der Waals surface area contributed by atoms with E-state index in [-0.39, 0.29) is 18.1 Å². The summed E-state index contributed by atoms with van der Waals surface area (Å²) >= 11 is 0. The summed E-state index contributed by atoms with van der Waals surface area (Å²) in [4.78, 5) is 12.6. The van der Waals surface area contributed by atoms with E-state index in [4.69, 9.17) is 0 Å². The largest absolute Gasteiger partial charge is 0.279 e. The van der Waals surface area contributed by atoms with Gasteiger partial charge in [-0.15, -0.1) is 0 Å². The van der Waals surface area contributed by atoms with Crippen LogP contribution in [0.1, 0.15) is 17.0 Å². The highest BCUT2D eigenvalue weighted by Gasteiger charge is 2.18. The van der Waals surface area contributed by atoms with E-state index < -0.39 is 5.82 Å². The number of benzene rings is 1. The van der Waals surface area contributed by atoms with Crippen LogP contribution in [0.25, 0.3) is 11.5 Å². The van der Waals surface area contributed by atoms with Crippen molar-refractivity contribution in [2.75, 3.05) is 6.54 Å². The van der Waals surface area contributed by atoms with Crippen molar-refractivity contribution in [3.8, 4) is 11.5 Å². The second-order valence-corrected chi connectivity index (χ2v) is 5.92. The summed E-state index contributed by atoms with van der Waals surface area (Å²) in [6.07, 6.45) is 4.96. The Morgan fingerprint density at radius 1 is 1.15 bits per heavy atom. The van der Waals surface area contributed by atoms with Crippen molar-refractivity contribution in [1.82, 2.24) is 19.7 Å². The molecular formula is C19H15F2N5. The van der Waals surface area contributed by atoms with Crippen LogP contribution in [-0.4, -0.2) is 32.0 Å². The lowest BCUT2D eigenvalue weighted by molar-refractivity contribution is 0.584. The standard InChI is InChI=1S/C19H15F2N5/c1-12-15(21)10-23-19(24-12)17-9-18(16-7-4-8-22-16)26(25-17)11-13-5-2-3-6-14(13)20/h2-7,9-10H,8,11H2,1H3. The first-order valence-electron chi connectivity index (χ1n) is 8.14. The molecule has 0 fully saturated rings. The fourth-order valence-electron chi connectivity index (χ4n) is 2.75. The highest BCUT2D eigenvalue weighted by Crippen LogP contribution is 2.20. The first kappa shape index (κ1) is 16.3. The van der Waals surface area contributed by atoms with Crippen molar-refractivity contribution in [3.05, 3.63) is 77.3 Å². The molecule has 0 amide bonds. The maximum atomic E-state index is 14.1. The van der Waals surface area contributed by atoms with E-state index in [2.05, 4.69) is 20.1 Å². The average Bonchev–Trinajstić information content (AvgIpc) is 3.29. The average molecular weight is 351 g/mol. The molecule has 4 rings (SSSR count). The molecule has 5 nitrogen and oxygen atoms in total. The maximum Gasteiger partial charge on any atom is 0.180 e. The van der Waals surface area contributed by atoms with E-state index in [1.165, 1.54) is 6.07 Å². The van der Waals surface area contributed by atoms with Gasteiger partial charge in [0, 0.05) is 5.56 Å². The summed E-state index contributed by atoms with van der Waals surface area (Å²) in [5.41, 5.74) is 2.75. The van der Waals surface area contributed by atoms with Gasteiger partial charge < -0.3 is 0 Å². The van der Waals surface area contributed by atoms with Gasteiger partial charge in [-0.1, -0.05) is 24.3 Å². The Hall–Kier alpha value is -3.22. The minimum Gasteiger partial charge on any atom is -0.279 e. The predicted molar refractivity (Wildman–Crippen MR) is 94.0 cm³/mol. The molecule has 130 valence electrons. The second kappa shape index (κ2) is 6.59. The Labute approximate surface area is 148 Å². The Morgan fingerprint density at radius 3 is 2.73 bits per heavy atom. The topological polar surface area (TPSA) is 56.0 Å². The fraction of sp³-hybridized carbons (Fsp3) is 0.158. The van der Waals surface area contributed by atoms with Gasteiger partial charge >= 0.3 is 0 Å². The lowest BCUT2D eigenvalue weighted by Gasteiger charge is -2.07. The first-order chi connectivity index (χ1) is 12.6. The summed E-state index contributed by atoms with van der Waals surface area (Å²) in [6, 6.07) is 8.35. The lowest BCUT2D eigenvalue weighted by atomic mass is 10.2. The lowest BCUT2D eigenvalue weighted by Crippen LogP contribution is -2.11. The number of aryl methyl sites for hydroxylation is 1. The van der Waals surface area contributed by atoms with Crippen LogP contribution in [0.15, 0.2) is 53.7 Å². The number of halogens is 2. The van der Waals surface area contributed by atoms with Gasteiger partial charge in [-0.2, -0.15) is 5.10 Å².